The molecule has 0 spiro atoms. The Morgan fingerprint density at radius 1 is 1.33 bits per heavy atom. The van der Waals surface area contributed by atoms with Crippen LogP contribution in [0.3, 0.4) is 0 Å². The molecule has 112 valence electrons. The molecule has 1 saturated carbocycles. The van der Waals surface area contributed by atoms with Crippen molar-refractivity contribution >= 4 is 23.1 Å². The van der Waals surface area contributed by atoms with Gasteiger partial charge in [-0.3, -0.25) is 4.98 Å². The first-order chi connectivity index (χ1) is 10.3. The van der Waals surface area contributed by atoms with Gasteiger partial charge < -0.3 is 5.32 Å². The summed E-state index contributed by atoms with van der Waals surface area (Å²) in [7, 11) is 0. The lowest BCUT2D eigenvalue weighted by Gasteiger charge is -2.26. The molecular weight excluding hydrogens is 298 g/mol. The second-order valence-electron chi connectivity index (χ2n) is 5.56. The maximum Gasteiger partial charge on any atom is 0.142 e. The third-order valence-electron chi connectivity index (χ3n) is 4.14. The van der Waals surface area contributed by atoms with Crippen LogP contribution in [0, 0.1) is 0 Å². The van der Waals surface area contributed by atoms with Crippen molar-refractivity contribution in [2.75, 3.05) is 12.8 Å². The van der Waals surface area contributed by atoms with E-state index >= 15 is 0 Å². The Hall–Kier alpha value is -0.910. The molecule has 0 aromatic carbocycles. The average molecular weight is 319 g/mol. The van der Waals surface area contributed by atoms with Crippen LogP contribution in [-0.4, -0.2) is 27.5 Å². The molecule has 0 saturated heterocycles. The highest BCUT2D eigenvalue weighted by molar-refractivity contribution is 8.00. The van der Waals surface area contributed by atoms with E-state index in [1.54, 1.807) is 11.3 Å². The van der Waals surface area contributed by atoms with Gasteiger partial charge in [-0.2, -0.15) is 11.8 Å². The molecule has 0 atom stereocenters. The zero-order valence-electron chi connectivity index (χ0n) is 12.3. The zero-order chi connectivity index (χ0) is 14.5. The first-order valence-corrected chi connectivity index (χ1v) is 9.53. The van der Waals surface area contributed by atoms with Gasteiger partial charge in [-0.1, -0.05) is 18.9 Å². The lowest BCUT2D eigenvalue weighted by atomic mass is 10.1. The molecule has 2 aromatic rings. The van der Waals surface area contributed by atoms with E-state index in [-0.39, 0.29) is 0 Å². The summed E-state index contributed by atoms with van der Waals surface area (Å²) in [6.07, 6.45) is 9.51. The summed E-state index contributed by atoms with van der Waals surface area (Å²) in [5, 5.41) is 6.75. The van der Waals surface area contributed by atoms with Crippen LogP contribution in [0.5, 0.6) is 0 Å². The quantitative estimate of drug-likeness (QED) is 0.874. The fourth-order valence-electron chi connectivity index (χ4n) is 2.89. The smallest absolute Gasteiger partial charge is 0.142 e. The summed E-state index contributed by atoms with van der Waals surface area (Å²) in [5.41, 5.74) is 2.08. The van der Waals surface area contributed by atoms with Crippen molar-refractivity contribution in [2.24, 2.45) is 0 Å². The van der Waals surface area contributed by atoms with Crippen molar-refractivity contribution in [1.29, 1.82) is 0 Å². The number of nitrogens with one attached hydrogen (secondary N) is 1. The van der Waals surface area contributed by atoms with E-state index in [0.717, 1.165) is 29.5 Å². The van der Waals surface area contributed by atoms with Gasteiger partial charge in [0.25, 0.3) is 0 Å². The minimum Gasteiger partial charge on any atom is -0.310 e. The van der Waals surface area contributed by atoms with Gasteiger partial charge in [-0.25, -0.2) is 4.98 Å². The summed E-state index contributed by atoms with van der Waals surface area (Å²) in [6, 6.07) is 5.95. The van der Waals surface area contributed by atoms with Crippen molar-refractivity contribution < 1.29 is 0 Å². The molecule has 0 aliphatic heterocycles. The van der Waals surface area contributed by atoms with Gasteiger partial charge in [0.2, 0.25) is 0 Å². The second kappa shape index (κ2) is 6.90. The molecule has 1 aliphatic rings. The molecular formula is C16H21N3S2. The van der Waals surface area contributed by atoms with Crippen LogP contribution in [0.15, 0.2) is 29.8 Å². The number of thiazole rings is 1. The molecule has 3 nitrogen and oxygen atoms in total. The lowest BCUT2D eigenvalue weighted by molar-refractivity contribution is 0.531. The molecule has 0 amide bonds. The Morgan fingerprint density at radius 3 is 2.90 bits per heavy atom. The van der Waals surface area contributed by atoms with E-state index in [2.05, 4.69) is 26.9 Å². The first kappa shape index (κ1) is 15.0. The predicted molar refractivity (Wildman–Crippen MR) is 91.8 cm³/mol. The maximum absolute atomic E-state index is 4.68. The molecule has 1 N–H and O–H groups in total. The van der Waals surface area contributed by atoms with Gasteiger partial charge in [-0.05, 0) is 31.2 Å². The Labute approximate surface area is 134 Å². The zero-order valence-corrected chi connectivity index (χ0v) is 14.0. The molecule has 0 radical (unpaired) electrons. The highest BCUT2D eigenvalue weighted by Crippen LogP contribution is 2.39. The highest BCUT2D eigenvalue weighted by atomic mass is 32.2. The van der Waals surface area contributed by atoms with Crippen molar-refractivity contribution in [3.8, 4) is 10.7 Å². The van der Waals surface area contributed by atoms with Crippen molar-refractivity contribution in [3.05, 3.63) is 35.5 Å². The van der Waals surface area contributed by atoms with E-state index in [1.165, 1.54) is 25.7 Å². The predicted octanol–water partition coefficient (Wildman–Crippen LogP) is 3.97. The van der Waals surface area contributed by atoms with Crippen molar-refractivity contribution in [3.63, 3.8) is 0 Å². The molecule has 2 aromatic heterocycles. The number of rotatable bonds is 6. The van der Waals surface area contributed by atoms with Crippen LogP contribution in [0.4, 0.5) is 0 Å². The summed E-state index contributed by atoms with van der Waals surface area (Å²) in [6.45, 7) is 1.94. The molecule has 1 aliphatic carbocycles. The van der Waals surface area contributed by atoms with E-state index in [4.69, 9.17) is 0 Å². The summed E-state index contributed by atoms with van der Waals surface area (Å²) < 4.78 is 0.458. The molecule has 3 rings (SSSR count). The molecule has 21 heavy (non-hydrogen) atoms. The van der Waals surface area contributed by atoms with Crippen LogP contribution >= 0.6 is 23.1 Å². The van der Waals surface area contributed by atoms with Crippen LogP contribution in [0.1, 0.15) is 31.4 Å². The van der Waals surface area contributed by atoms with Gasteiger partial charge in [0.05, 0.1) is 11.4 Å². The fourth-order valence-corrected chi connectivity index (χ4v) is 4.62. The first-order valence-electron chi connectivity index (χ1n) is 7.43. The summed E-state index contributed by atoms with van der Waals surface area (Å²) in [5.74, 6) is 0. The number of hydrogen-bond donors (Lipinski definition) is 1. The monoisotopic (exact) mass is 319 g/mol. The van der Waals surface area contributed by atoms with E-state index in [9.17, 15) is 0 Å². The number of hydrogen-bond acceptors (Lipinski definition) is 5. The van der Waals surface area contributed by atoms with Gasteiger partial charge >= 0.3 is 0 Å². The Morgan fingerprint density at radius 2 is 2.19 bits per heavy atom. The SMILES string of the molecule is CSC1(CNCc2csc(-c3ccccn3)n2)CCCC1. The van der Waals surface area contributed by atoms with Gasteiger partial charge in [0.15, 0.2) is 0 Å². The second-order valence-corrected chi connectivity index (χ2v) is 7.69. The molecule has 0 unspecified atom stereocenters. The van der Waals surface area contributed by atoms with Gasteiger partial charge in [0.1, 0.15) is 5.01 Å². The Bertz CT molecular complexity index is 562. The molecule has 0 bridgehead atoms. The summed E-state index contributed by atoms with van der Waals surface area (Å²) in [4.78, 5) is 9.03. The van der Waals surface area contributed by atoms with Gasteiger partial charge in [-0.15, -0.1) is 11.3 Å². The third kappa shape index (κ3) is 3.65. The average Bonchev–Trinajstić information content (AvgIpc) is 3.18. The minimum atomic E-state index is 0.458. The maximum atomic E-state index is 4.68. The van der Waals surface area contributed by atoms with Crippen LogP contribution < -0.4 is 5.32 Å². The van der Waals surface area contributed by atoms with Crippen LogP contribution in [0.25, 0.3) is 10.7 Å². The largest absolute Gasteiger partial charge is 0.310 e. The highest BCUT2D eigenvalue weighted by Gasteiger charge is 2.32. The van der Waals surface area contributed by atoms with Crippen molar-refractivity contribution in [2.45, 2.75) is 37.0 Å². The third-order valence-corrected chi connectivity index (χ3v) is 6.47. The standard InChI is InChI=1S/C16H21N3S2/c1-20-16(7-3-4-8-16)12-17-10-13-11-21-15(19-13)14-6-2-5-9-18-14/h2,5-6,9,11,17H,3-4,7-8,10,12H2,1H3. The number of aromatic nitrogens is 2. The lowest BCUT2D eigenvalue weighted by Crippen LogP contribution is -2.34. The number of nitrogens with zero attached hydrogens (tertiary/aromatic N) is 2. The molecule has 1 fully saturated rings. The Balaban J connectivity index is 1.56. The normalized spacial score (nSPS) is 17.2. The number of thioether (sulfide) groups is 1. The topological polar surface area (TPSA) is 37.8 Å². The fraction of sp³-hybridized carbons (Fsp3) is 0.500. The van der Waals surface area contributed by atoms with E-state index in [1.807, 2.05) is 36.2 Å². The van der Waals surface area contributed by atoms with Crippen LogP contribution in [0.2, 0.25) is 0 Å². The summed E-state index contributed by atoms with van der Waals surface area (Å²) >= 11 is 3.70. The van der Waals surface area contributed by atoms with E-state index in [0.29, 0.717) is 4.75 Å². The van der Waals surface area contributed by atoms with E-state index < -0.39 is 0 Å². The molecule has 5 heteroatoms. The van der Waals surface area contributed by atoms with Crippen LogP contribution in [-0.2, 0) is 6.54 Å². The van der Waals surface area contributed by atoms with Gasteiger partial charge in [0, 0.05) is 29.4 Å². The minimum absolute atomic E-state index is 0.458. The van der Waals surface area contributed by atoms with Crippen molar-refractivity contribution in [1.82, 2.24) is 15.3 Å². The molecule has 2 heterocycles. The Kier molecular flexibility index (Phi) is 4.93. The number of pyridine rings is 1.